The molecule has 106 valence electrons. The minimum atomic E-state index is -0.259. The van der Waals surface area contributed by atoms with Crippen molar-refractivity contribution in [3.05, 3.63) is 22.7 Å². The number of ether oxygens (including phenoxy) is 1. The van der Waals surface area contributed by atoms with Gasteiger partial charge < -0.3 is 19.3 Å². The molecule has 2 heterocycles. The average Bonchev–Trinajstić information content (AvgIpc) is 2.40. The molecule has 1 aliphatic heterocycles. The molecule has 0 saturated carbocycles. The largest absolute Gasteiger partial charge is 0.394 e. The van der Waals surface area contributed by atoms with Crippen molar-refractivity contribution >= 4 is 5.82 Å². The molecule has 2 atom stereocenters. The number of aliphatic hydroxyl groups excluding tert-OH is 1. The summed E-state index contributed by atoms with van der Waals surface area (Å²) in [6.45, 7) is 5.73. The van der Waals surface area contributed by atoms with Gasteiger partial charge in [-0.2, -0.15) is 0 Å². The van der Waals surface area contributed by atoms with E-state index < -0.39 is 0 Å². The van der Waals surface area contributed by atoms with E-state index in [1.807, 2.05) is 18.7 Å². The molecule has 1 aromatic rings. The summed E-state index contributed by atoms with van der Waals surface area (Å²) in [5.41, 5.74) is -0.0739. The number of anilines is 1. The fraction of sp³-hybridized carbons (Fsp3) is 0.692. The maximum absolute atomic E-state index is 12.3. The van der Waals surface area contributed by atoms with E-state index in [9.17, 15) is 9.90 Å². The summed E-state index contributed by atoms with van der Waals surface area (Å²) in [7, 11) is 0. The number of aliphatic hydroxyl groups is 1. The van der Waals surface area contributed by atoms with Gasteiger partial charge in [0.15, 0.2) is 5.82 Å². The number of aryl methyl sites for hydroxylation is 1. The number of aromatic nitrogens is 2. The van der Waals surface area contributed by atoms with Crippen molar-refractivity contribution in [2.75, 3.05) is 24.6 Å². The number of nitrogens with zero attached hydrogens (tertiary/aromatic N) is 3. The summed E-state index contributed by atoms with van der Waals surface area (Å²) in [5.74, 6) is 0.449. The van der Waals surface area contributed by atoms with E-state index in [0.717, 1.165) is 6.42 Å². The van der Waals surface area contributed by atoms with E-state index in [2.05, 4.69) is 4.98 Å². The van der Waals surface area contributed by atoms with Crippen LogP contribution in [0.1, 0.15) is 20.3 Å². The van der Waals surface area contributed by atoms with E-state index in [1.165, 1.54) is 0 Å². The van der Waals surface area contributed by atoms with Gasteiger partial charge in [0.25, 0.3) is 5.56 Å². The smallest absolute Gasteiger partial charge is 0.293 e. The summed E-state index contributed by atoms with van der Waals surface area (Å²) < 4.78 is 7.25. The molecule has 0 spiro atoms. The van der Waals surface area contributed by atoms with Crippen LogP contribution in [0.2, 0.25) is 0 Å². The van der Waals surface area contributed by atoms with Gasteiger partial charge in [0.2, 0.25) is 0 Å². The minimum Gasteiger partial charge on any atom is -0.394 e. The van der Waals surface area contributed by atoms with Crippen LogP contribution in [0, 0.1) is 0 Å². The molecule has 2 rings (SSSR count). The molecule has 1 N–H and O–H groups in total. The van der Waals surface area contributed by atoms with E-state index >= 15 is 0 Å². The lowest BCUT2D eigenvalue weighted by Gasteiger charge is -2.36. The van der Waals surface area contributed by atoms with Gasteiger partial charge in [-0.3, -0.25) is 4.79 Å². The lowest BCUT2D eigenvalue weighted by atomic mass is 10.2. The zero-order valence-electron chi connectivity index (χ0n) is 11.5. The molecule has 0 bridgehead atoms. The summed E-state index contributed by atoms with van der Waals surface area (Å²) >= 11 is 0. The standard InChI is InChI=1S/C13H21N3O3/c1-3-5-15-6-4-14-12(13(15)18)16-7-10(2)19-11(8-16)9-17/h4,6,10-11,17H,3,5,7-9H2,1-2H3. The van der Waals surface area contributed by atoms with Gasteiger partial charge in [-0.25, -0.2) is 4.98 Å². The normalized spacial score (nSPS) is 23.6. The van der Waals surface area contributed by atoms with Crippen molar-refractivity contribution in [3.8, 4) is 0 Å². The van der Waals surface area contributed by atoms with E-state index in [4.69, 9.17) is 4.74 Å². The van der Waals surface area contributed by atoms with E-state index in [-0.39, 0.29) is 24.4 Å². The molecular weight excluding hydrogens is 246 g/mol. The maximum Gasteiger partial charge on any atom is 0.293 e. The fourth-order valence-corrected chi connectivity index (χ4v) is 2.39. The molecule has 1 saturated heterocycles. The molecular formula is C13H21N3O3. The van der Waals surface area contributed by atoms with E-state index in [1.54, 1.807) is 17.0 Å². The Kier molecular flexibility index (Phi) is 4.55. The highest BCUT2D eigenvalue weighted by atomic mass is 16.5. The topological polar surface area (TPSA) is 67.6 Å². The third-order valence-electron chi connectivity index (χ3n) is 3.19. The molecule has 1 aliphatic rings. The lowest BCUT2D eigenvalue weighted by Crippen LogP contribution is -2.50. The second-order valence-electron chi connectivity index (χ2n) is 4.91. The van der Waals surface area contributed by atoms with Crippen LogP contribution < -0.4 is 10.5 Å². The highest BCUT2D eigenvalue weighted by Gasteiger charge is 2.27. The zero-order chi connectivity index (χ0) is 13.8. The van der Waals surface area contributed by atoms with Crippen molar-refractivity contribution in [2.24, 2.45) is 0 Å². The predicted molar refractivity (Wildman–Crippen MR) is 72.4 cm³/mol. The second kappa shape index (κ2) is 6.16. The molecule has 0 aromatic carbocycles. The van der Waals surface area contributed by atoms with Gasteiger partial charge in [-0.05, 0) is 13.3 Å². The molecule has 0 aliphatic carbocycles. The summed E-state index contributed by atoms with van der Waals surface area (Å²) in [6, 6.07) is 0. The fourth-order valence-electron chi connectivity index (χ4n) is 2.39. The highest BCUT2D eigenvalue weighted by Crippen LogP contribution is 2.15. The highest BCUT2D eigenvalue weighted by molar-refractivity contribution is 5.36. The SMILES string of the molecule is CCCn1ccnc(N2CC(C)OC(CO)C2)c1=O. The Labute approximate surface area is 112 Å². The molecule has 1 aromatic heterocycles. The number of hydrogen-bond donors (Lipinski definition) is 1. The molecule has 6 heteroatoms. The van der Waals surface area contributed by atoms with Gasteiger partial charge >= 0.3 is 0 Å². The first-order valence-electron chi connectivity index (χ1n) is 6.72. The third kappa shape index (κ3) is 3.13. The van der Waals surface area contributed by atoms with Crippen LogP contribution in [0.15, 0.2) is 17.2 Å². The van der Waals surface area contributed by atoms with Crippen LogP contribution in [-0.4, -0.2) is 46.6 Å². The van der Waals surface area contributed by atoms with Gasteiger partial charge in [-0.15, -0.1) is 0 Å². The Morgan fingerprint density at radius 2 is 2.32 bits per heavy atom. The Hall–Kier alpha value is -1.40. The van der Waals surface area contributed by atoms with Crippen LogP contribution in [0.5, 0.6) is 0 Å². The van der Waals surface area contributed by atoms with Crippen molar-refractivity contribution in [2.45, 2.75) is 39.0 Å². The summed E-state index contributed by atoms with van der Waals surface area (Å²) in [4.78, 5) is 18.4. The van der Waals surface area contributed by atoms with Gasteiger partial charge in [0, 0.05) is 32.0 Å². The van der Waals surface area contributed by atoms with Crippen molar-refractivity contribution in [1.82, 2.24) is 9.55 Å². The molecule has 6 nitrogen and oxygen atoms in total. The minimum absolute atomic E-state index is 0.0214. The maximum atomic E-state index is 12.3. The molecule has 1 fully saturated rings. The Balaban J connectivity index is 2.25. The molecule has 19 heavy (non-hydrogen) atoms. The Morgan fingerprint density at radius 3 is 3.00 bits per heavy atom. The van der Waals surface area contributed by atoms with Crippen molar-refractivity contribution < 1.29 is 9.84 Å². The molecule has 0 amide bonds. The first-order chi connectivity index (χ1) is 9.15. The van der Waals surface area contributed by atoms with Gasteiger partial charge in [0.05, 0.1) is 18.8 Å². The monoisotopic (exact) mass is 267 g/mol. The first-order valence-corrected chi connectivity index (χ1v) is 6.72. The van der Waals surface area contributed by atoms with Crippen LogP contribution in [0.4, 0.5) is 5.82 Å². The first kappa shape index (κ1) is 14.0. The van der Waals surface area contributed by atoms with Crippen molar-refractivity contribution in [3.63, 3.8) is 0 Å². The van der Waals surface area contributed by atoms with E-state index in [0.29, 0.717) is 25.5 Å². The predicted octanol–water partition coefficient (Wildman–Crippen LogP) is 0.239. The van der Waals surface area contributed by atoms with Gasteiger partial charge in [0.1, 0.15) is 0 Å². The number of morpholine rings is 1. The molecule has 2 unspecified atom stereocenters. The number of rotatable bonds is 4. The summed E-state index contributed by atoms with van der Waals surface area (Å²) in [6.07, 6.45) is 3.99. The zero-order valence-corrected chi connectivity index (χ0v) is 11.5. The van der Waals surface area contributed by atoms with Crippen LogP contribution in [-0.2, 0) is 11.3 Å². The van der Waals surface area contributed by atoms with Crippen LogP contribution in [0.25, 0.3) is 0 Å². The summed E-state index contributed by atoms with van der Waals surface area (Å²) in [5, 5.41) is 9.23. The third-order valence-corrected chi connectivity index (χ3v) is 3.19. The molecule has 0 radical (unpaired) electrons. The second-order valence-corrected chi connectivity index (χ2v) is 4.91. The Morgan fingerprint density at radius 1 is 1.53 bits per heavy atom. The van der Waals surface area contributed by atoms with Gasteiger partial charge in [-0.1, -0.05) is 6.92 Å². The van der Waals surface area contributed by atoms with Crippen LogP contribution >= 0.6 is 0 Å². The quantitative estimate of drug-likeness (QED) is 0.846. The average molecular weight is 267 g/mol. The number of hydrogen-bond acceptors (Lipinski definition) is 5. The Bertz CT molecular complexity index is 474. The van der Waals surface area contributed by atoms with Crippen molar-refractivity contribution in [1.29, 1.82) is 0 Å². The van der Waals surface area contributed by atoms with Crippen LogP contribution in [0.3, 0.4) is 0 Å². The lowest BCUT2D eigenvalue weighted by molar-refractivity contribution is -0.0423.